The summed E-state index contributed by atoms with van der Waals surface area (Å²) >= 11 is 1.87. The Morgan fingerprint density at radius 1 is 1.39 bits per heavy atom. The van der Waals surface area contributed by atoms with E-state index in [9.17, 15) is 9.59 Å². The molecule has 6 heteroatoms. The number of carbonyl (C=O) groups excluding carboxylic acids is 2. The van der Waals surface area contributed by atoms with Crippen molar-refractivity contribution in [3.05, 3.63) is 29.3 Å². The van der Waals surface area contributed by atoms with Crippen LogP contribution in [0.25, 0.3) is 0 Å². The van der Waals surface area contributed by atoms with Crippen LogP contribution in [0.3, 0.4) is 0 Å². The predicted molar refractivity (Wildman–Crippen MR) is 96.1 cm³/mol. The molecule has 0 spiro atoms. The van der Waals surface area contributed by atoms with Crippen LogP contribution in [0.15, 0.2) is 18.2 Å². The summed E-state index contributed by atoms with van der Waals surface area (Å²) in [6, 6.07) is 5.74. The van der Waals surface area contributed by atoms with Gasteiger partial charge in [0.15, 0.2) is 0 Å². The molecule has 0 bridgehead atoms. The van der Waals surface area contributed by atoms with Gasteiger partial charge in [-0.1, -0.05) is 6.07 Å². The Balaban J connectivity index is 1.99. The number of benzene rings is 1. The van der Waals surface area contributed by atoms with Gasteiger partial charge in [0, 0.05) is 47.8 Å². The standard InChI is InChI=1S/C17H25N3O2S/c1-11(2)19-17(22)15-8-13(5-4-12(15)3)20-16(21)9-14-10-23-7-6-18-14/h4-5,8,11,14,18H,6-7,9-10H2,1-3H3,(H,19,22)(H,20,21). The summed E-state index contributed by atoms with van der Waals surface area (Å²) in [5.41, 5.74) is 2.16. The highest BCUT2D eigenvalue weighted by atomic mass is 32.2. The van der Waals surface area contributed by atoms with Crippen molar-refractivity contribution in [3.63, 3.8) is 0 Å². The van der Waals surface area contributed by atoms with Crippen molar-refractivity contribution in [1.29, 1.82) is 0 Å². The molecule has 0 aromatic heterocycles. The van der Waals surface area contributed by atoms with Crippen LogP contribution in [0.5, 0.6) is 0 Å². The van der Waals surface area contributed by atoms with Gasteiger partial charge in [-0.05, 0) is 38.5 Å². The average Bonchev–Trinajstić information content (AvgIpc) is 2.49. The molecule has 1 heterocycles. The van der Waals surface area contributed by atoms with Crippen LogP contribution in [-0.4, -0.2) is 41.9 Å². The van der Waals surface area contributed by atoms with Gasteiger partial charge in [0.2, 0.25) is 5.91 Å². The number of hydrogen-bond donors (Lipinski definition) is 3. The van der Waals surface area contributed by atoms with Gasteiger partial charge in [0.25, 0.3) is 5.91 Å². The van der Waals surface area contributed by atoms with Gasteiger partial charge in [-0.15, -0.1) is 0 Å². The molecule has 0 radical (unpaired) electrons. The SMILES string of the molecule is Cc1ccc(NC(=O)CC2CSCCN2)cc1C(=O)NC(C)C. The van der Waals surface area contributed by atoms with Crippen molar-refractivity contribution in [1.82, 2.24) is 10.6 Å². The number of rotatable bonds is 5. The fourth-order valence-corrected chi connectivity index (χ4v) is 3.42. The summed E-state index contributed by atoms with van der Waals surface area (Å²) in [6.45, 7) is 6.69. The van der Waals surface area contributed by atoms with E-state index >= 15 is 0 Å². The van der Waals surface area contributed by atoms with E-state index in [0.29, 0.717) is 17.7 Å². The third-order valence-corrected chi connectivity index (χ3v) is 4.75. The van der Waals surface area contributed by atoms with Gasteiger partial charge in [-0.3, -0.25) is 9.59 Å². The second-order valence-electron chi connectivity index (χ2n) is 6.14. The maximum Gasteiger partial charge on any atom is 0.251 e. The number of aryl methyl sites for hydroxylation is 1. The van der Waals surface area contributed by atoms with E-state index in [4.69, 9.17) is 0 Å². The lowest BCUT2D eigenvalue weighted by molar-refractivity contribution is -0.116. The third-order valence-electron chi connectivity index (χ3n) is 3.62. The van der Waals surface area contributed by atoms with Crippen LogP contribution in [0.1, 0.15) is 36.2 Å². The van der Waals surface area contributed by atoms with Gasteiger partial charge in [-0.25, -0.2) is 0 Å². The fraction of sp³-hybridized carbons (Fsp3) is 0.529. The average molecular weight is 335 g/mol. The van der Waals surface area contributed by atoms with Crippen LogP contribution in [0.2, 0.25) is 0 Å². The highest BCUT2D eigenvalue weighted by Crippen LogP contribution is 2.17. The number of hydrogen-bond acceptors (Lipinski definition) is 4. The first kappa shape index (κ1) is 17.8. The maximum atomic E-state index is 12.2. The van der Waals surface area contributed by atoms with E-state index in [-0.39, 0.29) is 23.9 Å². The molecule has 1 aromatic carbocycles. The molecule has 23 heavy (non-hydrogen) atoms. The largest absolute Gasteiger partial charge is 0.350 e. The normalized spacial score (nSPS) is 17.8. The van der Waals surface area contributed by atoms with Crippen molar-refractivity contribution in [2.75, 3.05) is 23.4 Å². The maximum absolute atomic E-state index is 12.2. The zero-order valence-electron chi connectivity index (χ0n) is 13.9. The Morgan fingerprint density at radius 3 is 2.83 bits per heavy atom. The van der Waals surface area contributed by atoms with Gasteiger partial charge >= 0.3 is 0 Å². The first-order valence-electron chi connectivity index (χ1n) is 7.98. The molecule has 1 saturated heterocycles. The molecular formula is C17H25N3O2S. The topological polar surface area (TPSA) is 70.2 Å². The Hall–Kier alpha value is -1.53. The van der Waals surface area contributed by atoms with Crippen LogP contribution < -0.4 is 16.0 Å². The van der Waals surface area contributed by atoms with E-state index in [1.807, 2.05) is 44.7 Å². The number of anilines is 1. The van der Waals surface area contributed by atoms with E-state index in [1.54, 1.807) is 6.07 Å². The van der Waals surface area contributed by atoms with Crippen molar-refractivity contribution < 1.29 is 9.59 Å². The molecule has 0 aliphatic carbocycles. The minimum Gasteiger partial charge on any atom is -0.350 e. The van der Waals surface area contributed by atoms with Crippen molar-refractivity contribution in [3.8, 4) is 0 Å². The van der Waals surface area contributed by atoms with E-state index < -0.39 is 0 Å². The number of amides is 2. The Kier molecular flexibility index (Phi) is 6.47. The molecule has 3 N–H and O–H groups in total. The molecule has 5 nitrogen and oxygen atoms in total. The summed E-state index contributed by atoms with van der Waals surface area (Å²) in [5, 5.41) is 9.13. The Bertz CT molecular complexity index is 569. The van der Waals surface area contributed by atoms with E-state index in [2.05, 4.69) is 16.0 Å². The summed E-state index contributed by atoms with van der Waals surface area (Å²) in [5.74, 6) is 1.93. The van der Waals surface area contributed by atoms with Gasteiger partial charge in [0.05, 0.1) is 0 Å². The summed E-state index contributed by atoms with van der Waals surface area (Å²) in [6.07, 6.45) is 0.453. The quantitative estimate of drug-likeness (QED) is 0.771. The van der Waals surface area contributed by atoms with E-state index in [1.165, 1.54) is 0 Å². The summed E-state index contributed by atoms with van der Waals surface area (Å²) in [4.78, 5) is 24.4. The minimum absolute atomic E-state index is 0.0240. The Labute approximate surface area is 142 Å². The summed E-state index contributed by atoms with van der Waals surface area (Å²) in [7, 11) is 0. The second-order valence-corrected chi connectivity index (χ2v) is 7.29. The lowest BCUT2D eigenvalue weighted by Gasteiger charge is -2.22. The molecule has 2 rings (SSSR count). The molecule has 1 unspecified atom stereocenters. The molecule has 1 aromatic rings. The second kappa shape index (κ2) is 8.36. The van der Waals surface area contributed by atoms with Gasteiger partial charge in [-0.2, -0.15) is 11.8 Å². The zero-order valence-corrected chi connectivity index (χ0v) is 14.8. The van der Waals surface area contributed by atoms with Crippen molar-refractivity contribution >= 4 is 29.3 Å². The fourth-order valence-electron chi connectivity index (χ4n) is 2.47. The van der Waals surface area contributed by atoms with Crippen molar-refractivity contribution in [2.45, 2.75) is 39.3 Å². The minimum atomic E-state index is -0.112. The highest BCUT2D eigenvalue weighted by molar-refractivity contribution is 7.99. The van der Waals surface area contributed by atoms with Crippen LogP contribution in [0.4, 0.5) is 5.69 Å². The van der Waals surface area contributed by atoms with E-state index in [0.717, 1.165) is 23.6 Å². The van der Waals surface area contributed by atoms with Crippen LogP contribution in [-0.2, 0) is 4.79 Å². The third kappa shape index (κ3) is 5.55. The van der Waals surface area contributed by atoms with Gasteiger partial charge < -0.3 is 16.0 Å². The number of carbonyl (C=O) groups is 2. The first-order chi connectivity index (χ1) is 11.0. The Morgan fingerprint density at radius 2 is 2.17 bits per heavy atom. The lowest BCUT2D eigenvalue weighted by Crippen LogP contribution is -2.39. The lowest BCUT2D eigenvalue weighted by atomic mass is 10.1. The molecule has 2 amide bonds. The molecule has 1 aliphatic rings. The number of nitrogens with one attached hydrogen (secondary N) is 3. The number of thioether (sulfide) groups is 1. The highest BCUT2D eigenvalue weighted by Gasteiger charge is 2.17. The molecule has 1 aliphatic heterocycles. The molecule has 1 fully saturated rings. The molecular weight excluding hydrogens is 310 g/mol. The molecule has 126 valence electrons. The predicted octanol–water partition coefficient (Wildman–Crippen LogP) is 2.17. The smallest absolute Gasteiger partial charge is 0.251 e. The molecule has 1 atom stereocenters. The molecule has 0 saturated carbocycles. The zero-order chi connectivity index (χ0) is 16.8. The van der Waals surface area contributed by atoms with Crippen LogP contribution >= 0.6 is 11.8 Å². The first-order valence-corrected chi connectivity index (χ1v) is 9.13. The van der Waals surface area contributed by atoms with Crippen molar-refractivity contribution in [2.24, 2.45) is 0 Å². The van der Waals surface area contributed by atoms with Crippen LogP contribution in [0, 0.1) is 6.92 Å². The summed E-state index contributed by atoms with van der Waals surface area (Å²) < 4.78 is 0. The van der Waals surface area contributed by atoms with Gasteiger partial charge in [0.1, 0.15) is 0 Å². The monoisotopic (exact) mass is 335 g/mol.